The molecule has 1 aliphatic heterocycles. The summed E-state index contributed by atoms with van der Waals surface area (Å²) in [5, 5.41) is 6.49. The third-order valence-electron chi connectivity index (χ3n) is 7.16. The smallest absolute Gasteiger partial charge is 0.391 e. The number of nitrogens with one attached hydrogen (secondary N) is 1. The van der Waals surface area contributed by atoms with Crippen molar-refractivity contribution in [1.82, 2.24) is 14.5 Å². The summed E-state index contributed by atoms with van der Waals surface area (Å²) in [5.41, 5.74) is 2.18. The Labute approximate surface area is 211 Å². The maximum Gasteiger partial charge on any atom is 0.434 e. The molecule has 2 aliphatic rings. The van der Waals surface area contributed by atoms with Gasteiger partial charge in [0.05, 0.1) is 12.4 Å². The lowest BCUT2D eigenvalue weighted by Gasteiger charge is -2.47. The molecule has 0 amide bonds. The monoisotopic (exact) mass is 534 g/mol. The summed E-state index contributed by atoms with van der Waals surface area (Å²) in [6.07, 6.45) is 0.534. The number of benzene rings is 2. The van der Waals surface area contributed by atoms with E-state index in [4.69, 9.17) is 16.0 Å². The van der Waals surface area contributed by atoms with Crippen molar-refractivity contribution in [2.45, 2.75) is 56.5 Å². The van der Waals surface area contributed by atoms with Crippen LogP contribution in [0.5, 0.6) is 0 Å². The van der Waals surface area contributed by atoms with E-state index in [9.17, 15) is 18.0 Å². The van der Waals surface area contributed by atoms with Crippen molar-refractivity contribution in [3.8, 4) is 0 Å². The lowest BCUT2D eigenvalue weighted by atomic mass is 9.87. The molecule has 9 nitrogen and oxygen atoms in total. The van der Waals surface area contributed by atoms with Gasteiger partial charge in [-0.05, 0) is 54.8 Å². The molecule has 1 fully saturated rings. The fourth-order valence-corrected chi connectivity index (χ4v) is 7.02. The van der Waals surface area contributed by atoms with E-state index >= 15 is 4.39 Å². The first-order chi connectivity index (χ1) is 17.0. The quantitative estimate of drug-likeness (QED) is 0.529. The van der Waals surface area contributed by atoms with Crippen LogP contribution in [0.15, 0.2) is 44.4 Å². The van der Waals surface area contributed by atoms with Crippen LogP contribution in [0.25, 0.3) is 0 Å². The zero-order valence-electron chi connectivity index (χ0n) is 19.8. The number of Topliss-reactive ketones (excluding diaryl/α,β-unsaturated/α-hetero) is 1. The molecular weight excluding hydrogens is 511 g/mol. The summed E-state index contributed by atoms with van der Waals surface area (Å²) in [5.74, 6) is -2.25. The number of rotatable bonds is 5. The highest BCUT2D eigenvalue weighted by atomic mass is 35.5. The highest BCUT2D eigenvalue weighted by Gasteiger charge is 2.48. The fourth-order valence-electron chi connectivity index (χ4n) is 5.07. The summed E-state index contributed by atoms with van der Waals surface area (Å²) in [6, 6.07) is 6.04. The first kappa shape index (κ1) is 24.7. The number of sulfonamides is 1. The lowest BCUT2D eigenvalue weighted by molar-refractivity contribution is -0.124. The highest BCUT2D eigenvalue weighted by Crippen LogP contribution is 2.46. The Morgan fingerprint density at radius 1 is 1.19 bits per heavy atom. The van der Waals surface area contributed by atoms with E-state index in [1.807, 2.05) is 11.8 Å². The van der Waals surface area contributed by atoms with E-state index in [2.05, 4.69) is 10.2 Å². The van der Waals surface area contributed by atoms with Gasteiger partial charge in [-0.1, -0.05) is 24.6 Å². The number of hydrogen-bond donors (Lipinski definition) is 1. The average Bonchev–Trinajstić information content (AvgIpc) is 3.22. The third-order valence-corrected chi connectivity index (χ3v) is 9.25. The minimum Gasteiger partial charge on any atom is -0.391 e. The molecule has 12 heteroatoms. The molecule has 2 atom stereocenters. The SMILES string of the molecule is Cc1ccc(F)c([C@@H](C)[C@@H](c2n[nH]c(=O)o2)N2CN(C3CC(=O)C3)c3cc(Cl)ccc3S2(=O)=O)c1C. The number of ketones is 1. The molecule has 0 spiro atoms. The van der Waals surface area contributed by atoms with Crippen LogP contribution in [0.4, 0.5) is 10.1 Å². The van der Waals surface area contributed by atoms with E-state index < -0.39 is 33.6 Å². The molecule has 1 saturated carbocycles. The molecule has 36 heavy (non-hydrogen) atoms. The second-order valence-electron chi connectivity index (χ2n) is 9.30. The zero-order chi connectivity index (χ0) is 25.9. The van der Waals surface area contributed by atoms with E-state index in [1.54, 1.807) is 26.0 Å². The highest BCUT2D eigenvalue weighted by molar-refractivity contribution is 7.89. The van der Waals surface area contributed by atoms with Gasteiger partial charge in [-0.2, -0.15) is 4.31 Å². The van der Waals surface area contributed by atoms with Gasteiger partial charge in [0.1, 0.15) is 22.5 Å². The van der Waals surface area contributed by atoms with Crippen molar-refractivity contribution in [2.75, 3.05) is 11.6 Å². The zero-order valence-corrected chi connectivity index (χ0v) is 21.4. The van der Waals surface area contributed by atoms with Crippen molar-refractivity contribution in [2.24, 2.45) is 0 Å². The van der Waals surface area contributed by atoms with Gasteiger partial charge in [0.2, 0.25) is 15.9 Å². The Hall–Kier alpha value is -3.02. The Balaban J connectivity index is 1.70. The van der Waals surface area contributed by atoms with Crippen molar-refractivity contribution < 1.29 is 22.0 Å². The molecule has 0 saturated heterocycles. The van der Waals surface area contributed by atoms with Crippen LogP contribution in [0.1, 0.15) is 54.3 Å². The van der Waals surface area contributed by atoms with Crippen LogP contribution in [-0.2, 0) is 14.8 Å². The molecule has 1 aliphatic carbocycles. The normalized spacial score (nSPS) is 19.6. The predicted molar refractivity (Wildman–Crippen MR) is 130 cm³/mol. The minimum absolute atomic E-state index is 0.00554. The minimum atomic E-state index is -4.18. The van der Waals surface area contributed by atoms with Gasteiger partial charge in [0.25, 0.3) is 0 Å². The van der Waals surface area contributed by atoms with E-state index in [0.29, 0.717) is 21.8 Å². The molecule has 1 aromatic heterocycles. The molecular formula is C24H24ClFN4O5S. The number of nitrogens with zero attached hydrogens (tertiary/aromatic N) is 3. The Kier molecular flexibility index (Phi) is 6.05. The van der Waals surface area contributed by atoms with Crippen molar-refractivity contribution >= 4 is 33.1 Å². The molecule has 0 bridgehead atoms. The van der Waals surface area contributed by atoms with Gasteiger partial charge in [-0.15, -0.1) is 5.10 Å². The number of aromatic amines is 1. The number of aromatic nitrogens is 2. The van der Waals surface area contributed by atoms with Gasteiger partial charge in [-0.3, -0.25) is 4.79 Å². The molecule has 190 valence electrons. The second kappa shape index (κ2) is 8.82. The molecule has 1 N–H and O–H groups in total. The maximum absolute atomic E-state index is 15.2. The van der Waals surface area contributed by atoms with Gasteiger partial charge in [0.15, 0.2) is 0 Å². The molecule has 2 aromatic carbocycles. The van der Waals surface area contributed by atoms with Crippen LogP contribution in [0.2, 0.25) is 5.02 Å². The summed E-state index contributed by atoms with van der Waals surface area (Å²) >= 11 is 6.20. The first-order valence-electron chi connectivity index (χ1n) is 11.4. The molecule has 0 radical (unpaired) electrons. The Morgan fingerprint density at radius 2 is 1.92 bits per heavy atom. The predicted octanol–water partition coefficient (Wildman–Crippen LogP) is 3.82. The second-order valence-corrected chi connectivity index (χ2v) is 11.6. The number of H-pyrrole nitrogens is 1. The third kappa shape index (κ3) is 3.95. The largest absolute Gasteiger partial charge is 0.434 e. The average molecular weight is 535 g/mol. The number of fused-ring (bicyclic) bond motifs is 1. The van der Waals surface area contributed by atoms with Gasteiger partial charge >= 0.3 is 5.76 Å². The number of anilines is 1. The van der Waals surface area contributed by atoms with E-state index in [1.165, 1.54) is 18.2 Å². The maximum atomic E-state index is 15.2. The van der Waals surface area contributed by atoms with Crippen LogP contribution >= 0.6 is 11.6 Å². The number of carbonyl (C=O) groups is 1. The van der Waals surface area contributed by atoms with Crippen LogP contribution in [-0.4, -0.2) is 41.4 Å². The summed E-state index contributed by atoms with van der Waals surface area (Å²) in [6.45, 7) is 5.11. The van der Waals surface area contributed by atoms with Gasteiger partial charge < -0.3 is 9.32 Å². The first-order valence-corrected chi connectivity index (χ1v) is 13.2. The number of carbonyl (C=O) groups excluding carboxylic acids is 1. The van der Waals surface area contributed by atoms with Crippen molar-refractivity contribution in [3.05, 3.63) is 74.3 Å². The summed E-state index contributed by atoms with van der Waals surface area (Å²) in [4.78, 5) is 25.5. The molecule has 3 aromatic rings. The summed E-state index contributed by atoms with van der Waals surface area (Å²) in [7, 11) is -4.18. The fraction of sp³-hybridized carbons (Fsp3) is 0.375. The molecule has 0 unspecified atom stereocenters. The standard InChI is InChI=1S/C24H24ClFN4O5S/c1-12-4-6-18(26)21(13(12)2)14(3)22(23-27-28-24(32)35-23)30-11-29(16-9-17(31)10-16)19-8-15(25)5-7-20(19)36(30,33)34/h4-8,14,16,22H,9-11H2,1-3H3,(H,28,32)/t14-,22+/m1/s1. The van der Waals surface area contributed by atoms with Crippen LogP contribution in [0, 0.1) is 19.7 Å². The Morgan fingerprint density at radius 3 is 2.56 bits per heavy atom. The Bertz CT molecular complexity index is 1530. The number of aryl methyl sites for hydroxylation is 1. The number of halogens is 2. The molecule has 5 rings (SSSR count). The lowest BCUT2D eigenvalue weighted by Crippen LogP contribution is -2.55. The van der Waals surface area contributed by atoms with Crippen molar-refractivity contribution in [1.29, 1.82) is 0 Å². The van der Waals surface area contributed by atoms with Gasteiger partial charge in [-0.25, -0.2) is 22.7 Å². The van der Waals surface area contributed by atoms with Gasteiger partial charge in [0, 0.05) is 29.8 Å². The number of hydrogen-bond acceptors (Lipinski definition) is 7. The van der Waals surface area contributed by atoms with E-state index in [-0.39, 0.29) is 42.1 Å². The van der Waals surface area contributed by atoms with E-state index in [0.717, 1.165) is 9.87 Å². The molecule has 2 heterocycles. The van der Waals surface area contributed by atoms with Crippen molar-refractivity contribution in [3.63, 3.8) is 0 Å². The summed E-state index contributed by atoms with van der Waals surface area (Å²) < 4.78 is 49.6. The van der Waals surface area contributed by atoms with Crippen LogP contribution in [0.3, 0.4) is 0 Å². The topological polar surface area (TPSA) is 117 Å². The van der Waals surface area contributed by atoms with Crippen LogP contribution < -0.4 is 10.7 Å².